The van der Waals surface area contributed by atoms with Crippen molar-refractivity contribution in [1.82, 2.24) is 4.90 Å². The van der Waals surface area contributed by atoms with Crippen LogP contribution >= 0.6 is 0 Å². The Kier molecular flexibility index (Phi) is 5.41. The van der Waals surface area contributed by atoms with E-state index in [2.05, 4.69) is 4.90 Å². The summed E-state index contributed by atoms with van der Waals surface area (Å²) in [5.41, 5.74) is 1.25. The van der Waals surface area contributed by atoms with Crippen molar-refractivity contribution >= 4 is 5.97 Å². The molecule has 0 radical (unpaired) electrons. The van der Waals surface area contributed by atoms with Gasteiger partial charge in [-0.25, -0.2) is 4.79 Å². The van der Waals surface area contributed by atoms with Crippen LogP contribution in [0.1, 0.15) is 38.2 Å². The Hall–Kier alpha value is -1.55. The number of aliphatic carboxylic acids is 1. The molecule has 4 heteroatoms. The van der Waals surface area contributed by atoms with Crippen LogP contribution in [-0.4, -0.2) is 35.2 Å². The normalized spacial score (nSPS) is 18.2. The first kappa shape index (κ1) is 14.9. The maximum Gasteiger partial charge on any atom is 0.344 e. The summed E-state index contributed by atoms with van der Waals surface area (Å²) in [5.74, 6) is -0.335. The van der Waals surface area contributed by atoms with E-state index in [1.165, 1.54) is 51.3 Å². The molecule has 1 aromatic carbocycles. The molecule has 20 heavy (non-hydrogen) atoms. The largest absolute Gasteiger partial charge is 0.479 e. The van der Waals surface area contributed by atoms with Crippen LogP contribution < -0.4 is 4.74 Å². The first-order valence-corrected chi connectivity index (χ1v) is 7.36. The fraction of sp³-hybridized carbons (Fsp3) is 0.562. The summed E-state index contributed by atoms with van der Waals surface area (Å²) in [4.78, 5) is 13.2. The fourth-order valence-electron chi connectivity index (χ4n) is 2.48. The van der Waals surface area contributed by atoms with Crippen molar-refractivity contribution in [2.75, 3.05) is 13.1 Å². The maximum atomic E-state index is 10.7. The summed E-state index contributed by atoms with van der Waals surface area (Å²) in [7, 11) is 0. The highest BCUT2D eigenvalue weighted by molar-refractivity contribution is 5.72. The van der Waals surface area contributed by atoms with E-state index in [-0.39, 0.29) is 0 Å². The number of rotatable bonds is 5. The molecule has 0 amide bonds. The van der Waals surface area contributed by atoms with Gasteiger partial charge in [-0.1, -0.05) is 25.0 Å². The molecule has 1 aliphatic rings. The average Bonchev–Trinajstić information content (AvgIpc) is 2.69. The Labute approximate surface area is 120 Å². The van der Waals surface area contributed by atoms with Crippen molar-refractivity contribution in [3.05, 3.63) is 29.8 Å². The summed E-state index contributed by atoms with van der Waals surface area (Å²) >= 11 is 0. The number of nitrogens with zero attached hydrogens (tertiary/aromatic N) is 1. The molecule has 1 unspecified atom stereocenters. The van der Waals surface area contributed by atoms with Crippen molar-refractivity contribution < 1.29 is 14.6 Å². The minimum Gasteiger partial charge on any atom is -0.479 e. The van der Waals surface area contributed by atoms with Gasteiger partial charge in [0, 0.05) is 6.54 Å². The summed E-state index contributed by atoms with van der Waals surface area (Å²) in [6, 6.07) is 7.75. The van der Waals surface area contributed by atoms with Crippen LogP contribution in [-0.2, 0) is 11.3 Å². The molecule has 1 aromatic rings. The third kappa shape index (κ3) is 4.53. The molecule has 4 nitrogen and oxygen atoms in total. The molecule has 1 atom stereocenters. The van der Waals surface area contributed by atoms with Crippen molar-refractivity contribution in [2.45, 2.75) is 45.3 Å². The Morgan fingerprint density at radius 2 is 1.80 bits per heavy atom. The van der Waals surface area contributed by atoms with E-state index in [1.807, 2.05) is 24.3 Å². The molecule has 0 saturated carbocycles. The van der Waals surface area contributed by atoms with E-state index >= 15 is 0 Å². The molecule has 1 N–H and O–H groups in total. The predicted molar refractivity (Wildman–Crippen MR) is 77.9 cm³/mol. The van der Waals surface area contributed by atoms with Gasteiger partial charge in [-0.2, -0.15) is 0 Å². The van der Waals surface area contributed by atoms with Crippen molar-refractivity contribution in [2.24, 2.45) is 0 Å². The third-order valence-electron chi connectivity index (χ3n) is 3.69. The van der Waals surface area contributed by atoms with E-state index in [4.69, 9.17) is 9.84 Å². The molecule has 1 heterocycles. The van der Waals surface area contributed by atoms with Gasteiger partial charge in [0.1, 0.15) is 5.75 Å². The van der Waals surface area contributed by atoms with Gasteiger partial charge in [0.05, 0.1) is 0 Å². The lowest BCUT2D eigenvalue weighted by Gasteiger charge is -2.20. The van der Waals surface area contributed by atoms with E-state index in [0.29, 0.717) is 5.75 Å². The molecular formula is C16H23NO3. The second kappa shape index (κ2) is 7.29. The Morgan fingerprint density at radius 3 is 2.35 bits per heavy atom. The predicted octanol–water partition coefficient (Wildman–Crippen LogP) is 2.91. The number of hydrogen-bond donors (Lipinski definition) is 1. The number of carboxylic acids is 1. The fourth-order valence-corrected chi connectivity index (χ4v) is 2.48. The summed E-state index contributed by atoms with van der Waals surface area (Å²) in [5, 5.41) is 8.81. The number of hydrogen-bond acceptors (Lipinski definition) is 3. The lowest BCUT2D eigenvalue weighted by molar-refractivity contribution is -0.144. The van der Waals surface area contributed by atoms with E-state index in [0.717, 1.165) is 6.54 Å². The molecule has 1 fully saturated rings. The highest BCUT2D eigenvalue weighted by atomic mass is 16.5. The van der Waals surface area contributed by atoms with Gasteiger partial charge in [0.2, 0.25) is 0 Å². The van der Waals surface area contributed by atoms with Crippen LogP contribution in [0.15, 0.2) is 24.3 Å². The quantitative estimate of drug-likeness (QED) is 0.899. The first-order valence-electron chi connectivity index (χ1n) is 7.36. The van der Waals surface area contributed by atoms with Crippen LogP contribution in [0.25, 0.3) is 0 Å². The van der Waals surface area contributed by atoms with Crippen molar-refractivity contribution in [3.63, 3.8) is 0 Å². The Morgan fingerprint density at radius 1 is 1.20 bits per heavy atom. The van der Waals surface area contributed by atoms with E-state index < -0.39 is 12.1 Å². The van der Waals surface area contributed by atoms with Gasteiger partial charge < -0.3 is 9.84 Å². The van der Waals surface area contributed by atoms with Gasteiger partial charge >= 0.3 is 5.97 Å². The monoisotopic (exact) mass is 277 g/mol. The molecule has 2 rings (SSSR count). The minimum atomic E-state index is -0.946. The Balaban J connectivity index is 1.89. The number of carboxylic acid groups (broad SMARTS) is 1. The Bertz CT molecular complexity index is 422. The molecule has 0 bridgehead atoms. The zero-order valence-electron chi connectivity index (χ0n) is 12.0. The molecule has 0 aliphatic carbocycles. The van der Waals surface area contributed by atoms with Crippen LogP contribution in [0, 0.1) is 0 Å². The van der Waals surface area contributed by atoms with Crippen LogP contribution in [0.4, 0.5) is 0 Å². The molecule has 1 saturated heterocycles. The van der Waals surface area contributed by atoms with Gasteiger partial charge in [0.25, 0.3) is 0 Å². The zero-order valence-corrected chi connectivity index (χ0v) is 12.0. The molecule has 0 aromatic heterocycles. The van der Waals surface area contributed by atoms with E-state index in [9.17, 15) is 4.79 Å². The second-order valence-electron chi connectivity index (χ2n) is 5.43. The molecular weight excluding hydrogens is 254 g/mol. The number of likely N-dealkylation sites (tertiary alicyclic amines) is 1. The smallest absolute Gasteiger partial charge is 0.344 e. The second-order valence-corrected chi connectivity index (χ2v) is 5.43. The minimum absolute atomic E-state index is 0.611. The SMILES string of the molecule is CC(Oc1ccc(CN2CCCCCC2)cc1)C(=O)O. The molecule has 0 spiro atoms. The van der Waals surface area contributed by atoms with Gasteiger partial charge in [0.15, 0.2) is 6.10 Å². The lowest BCUT2D eigenvalue weighted by Crippen LogP contribution is -2.24. The molecule has 110 valence electrons. The zero-order chi connectivity index (χ0) is 14.4. The number of ether oxygens (including phenoxy) is 1. The topological polar surface area (TPSA) is 49.8 Å². The highest BCUT2D eigenvalue weighted by Crippen LogP contribution is 2.17. The first-order chi connectivity index (χ1) is 9.65. The lowest BCUT2D eigenvalue weighted by atomic mass is 10.2. The van der Waals surface area contributed by atoms with Crippen LogP contribution in [0.3, 0.4) is 0 Å². The number of carbonyl (C=O) groups is 1. The average molecular weight is 277 g/mol. The van der Waals surface area contributed by atoms with Crippen LogP contribution in [0.2, 0.25) is 0 Å². The van der Waals surface area contributed by atoms with Crippen molar-refractivity contribution in [3.8, 4) is 5.75 Å². The standard InChI is InChI=1S/C16H23NO3/c1-13(16(18)19)20-15-8-6-14(7-9-15)12-17-10-4-2-3-5-11-17/h6-9,13H,2-5,10-12H2,1H3,(H,18,19). The summed E-state index contributed by atoms with van der Waals surface area (Å²) in [6.45, 7) is 4.85. The number of benzene rings is 1. The van der Waals surface area contributed by atoms with Gasteiger partial charge in [-0.15, -0.1) is 0 Å². The van der Waals surface area contributed by atoms with Crippen molar-refractivity contribution in [1.29, 1.82) is 0 Å². The summed E-state index contributed by atoms with van der Waals surface area (Å²) < 4.78 is 5.33. The molecule has 1 aliphatic heterocycles. The van der Waals surface area contributed by atoms with Gasteiger partial charge in [-0.05, 0) is 50.6 Å². The summed E-state index contributed by atoms with van der Waals surface area (Å²) in [6.07, 6.45) is 4.45. The van der Waals surface area contributed by atoms with Crippen LogP contribution in [0.5, 0.6) is 5.75 Å². The van der Waals surface area contributed by atoms with Gasteiger partial charge in [-0.3, -0.25) is 4.90 Å². The third-order valence-corrected chi connectivity index (χ3v) is 3.69. The maximum absolute atomic E-state index is 10.7. The van der Waals surface area contributed by atoms with E-state index in [1.54, 1.807) is 0 Å². The highest BCUT2D eigenvalue weighted by Gasteiger charge is 2.13.